The summed E-state index contributed by atoms with van der Waals surface area (Å²) in [4.78, 5) is 4.37. The monoisotopic (exact) mass is 189 g/mol. The highest BCUT2D eigenvalue weighted by atomic mass is 14.9. The van der Waals surface area contributed by atoms with E-state index in [1.807, 2.05) is 24.3 Å². The van der Waals surface area contributed by atoms with Gasteiger partial charge in [-0.25, -0.2) is 4.99 Å². The second-order valence-electron chi connectivity index (χ2n) is 3.68. The van der Waals surface area contributed by atoms with Gasteiger partial charge in [0.15, 0.2) is 0 Å². The molecule has 0 spiro atoms. The van der Waals surface area contributed by atoms with Gasteiger partial charge in [-0.15, -0.1) is 0 Å². The lowest BCUT2D eigenvalue weighted by Gasteiger charge is -2.00. The summed E-state index contributed by atoms with van der Waals surface area (Å²) in [5.74, 6) is 1.29. The molecule has 1 aromatic rings. The van der Waals surface area contributed by atoms with Gasteiger partial charge >= 0.3 is 0 Å². The Balaban J connectivity index is 2.18. The van der Waals surface area contributed by atoms with Crippen molar-refractivity contribution in [3.8, 4) is 0 Å². The summed E-state index contributed by atoms with van der Waals surface area (Å²) < 4.78 is 0. The lowest BCUT2D eigenvalue weighted by Crippen LogP contribution is -2.13. The average molecular weight is 189 g/mol. The molecule has 0 radical (unpaired) electrons. The second-order valence-corrected chi connectivity index (χ2v) is 3.68. The van der Waals surface area contributed by atoms with E-state index in [4.69, 9.17) is 11.5 Å². The van der Waals surface area contributed by atoms with Crippen LogP contribution in [0.4, 0.5) is 5.69 Å². The molecule has 1 saturated carbocycles. The third-order valence-electron chi connectivity index (χ3n) is 2.40. The number of hydrogen-bond acceptors (Lipinski definition) is 2. The lowest BCUT2D eigenvalue weighted by molar-refractivity contribution is 1.07. The summed E-state index contributed by atoms with van der Waals surface area (Å²) >= 11 is 0. The van der Waals surface area contributed by atoms with Crippen LogP contribution in [0.15, 0.2) is 29.3 Å². The van der Waals surface area contributed by atoms with E-state index < -0.39 is 0 Å². The molecule has 1 fully saturated rings. The Labute approximate surface area is 83.8 Å². The maximum atomic E-state index is 5.82. The molecule has 2 rings (SSSR count). The number of rotatable bonds is 3. The maximum absolute atomic E-state index is 5.82. The van der Waals surface area contributed by atoms with E-state index in [2.05, 4.69) is 4.99 Å². The molecule has 0 atom stereocenters. The molecule has 74 valence electrons. The van der Waals surface area contributed by atoms with E-state index in [1.54, 1.807) is 0 Å². The molecular formula is C11H15N3. The van der Waals surface area contributed by atoms with E-state index in [9.17, 15) is 0 Å². The van der Waals surface area contributed by atoms with E-state index >= 15 is 0 Å². The molecule has 0 saturated heterocycles. The van der Waals surface area contributed by atoms with E-state index in [0.717, 1.165) is 17.1 Å². The topological polar surface area (TPSA) is 64.4 Å². The fraction of sp³-hybridized carbons (Fsp3) is 0.364. The Morgan fingerprint density at radius 1 is 1.43 bits per heavy atom. The number of amidine groups is 1. The van der Waals surface area contributed by atoms with E-state index in [0.29, 0.717) is 12.5 Å². The third kappa shape index (κ3) is 2.12. The van der Waals surface area contributed by atoms with Crippen LogP contribution in [0.25, 0.3) is 0 Å². The zero-order valence-corrected chi connectivity index (χ0v) is 8.11. The first-order chi connectivity index (χ1) is 6.79. The van der Waals surface area contributed by atoms with Crippen molar-refractivity contribution in [3.63, 3.8) is 0 Å². The summed E-state index contributed by atoms with van der Waals surface area (Å²) in [6, 6.07) is 7.89. The third-order valence-corrected chi connectivity index (χ3v) is 2.40. The Morgan fingerprint density at radius 3 is 2.86 bits per heavy atom. The minimum Gasteiger partial charge on any atom is -0.387 e. The largest absolute Gasteiger partial charge is 0.387 e. The molecular weight excluding hydrogens is 174 g/mol. The van der Waals surface area contributed by atoms with Gasteiger partial charge in [0.25, 0.3) is 0 Å². The van der Waals surface area contributed by atoms with Crippen LogP contribution in [0.1, 0.15) is 18.4 Å². The zero-order valence-electron chi connectivity index (χ0n) is 8.11. The highest BCUT2D eigenvalue weighted by molar-refractivity contribution is 5.87. The maximum Gasteiger partial charge on any atom is 0.103 e. The molecule has 0 amide bonds. The van der Waals surface area contributed by atoms with Gasteiger partial charge < -0.3 is 11.5 Å². The van der Waals surface area contributed by atoms with Gasteiger partial charge in [0, 0.05) is 12.5 Å². The Morgan fingerprint density at radius 2 is 2.21 bits per heavy atom. The molecule has 0 aromatic heterocycles. The zero-order chi connectivity index (χ0) is 9.97. The summed E-state index contributed by atoms with van der Waals surface area (Å²) in [5.41, 5.74) is 13.4. The predicted molar refractivity (Wildman–Crippen MR) is 58.3 cm³/mol. The van der Waals surface area contributed by atoms with Crippen molar-refractivity contribution in [1.82, 2.24) is 0 Å². The first-order valence-corrected chi connectivity index (χ1v) is 4.92. The van der Waals surface area contributed by atoms with E-state index in [1.165, 1.54) is 12.8 Å². The van der Waals surface area contributed by atoms with Crippen LogP contribution in [0.2, 0.25) is 0 Å². The molecule has 3 heteroatoms. The van der Waals surface area contributed by atoms with Gasteiger partial charge in [-0.05, 0) is 30.5 Å². The number of hydrogen-bond donors (Lipinski definition) is 2. The predicted octanol–water partition coefficient (Wildman–Crippen LogP) is 1.54. The van der Waals surface area contributed by atoms with Gasteiger partial charge in [0.2, 0.25) is 0 Å². The second kappa shape index (κ2) is 3.80. The molecule has 0 bridgehead atoms. The van der Waals surface area contributed by atoms with Crippen LogP contribution in [-0.4, -0.2) is 5.84 Å². The first kappa shape index (κ1) is 9.21. The quantitative estimate of drug-likeness (QED) is 0.559. The smallest absolute Gasteiger partial charge is 0.103 e. The van der Waals surface area contributed by atoms with Crippen molar-refractivity contribution in [2.45, 2.75) is 19.4 Å². The highest BCUT2D eigenvalue weighted by Crippen LogP contribution is 2.30. The van der Waals surface area contributed by atoms with Gasteiger partial charge in [-0.1, -0.05) is 12.1 Å². The van der Waals surface area contributed by atoms with Gasteiger partial charge in [-0.2, -0.15) is 0 Å². The minimum absolute atomic E-state index is 0.525. The average Bonchev–Trinajstić information content (AvgIpc) is 3.01. The molecule has 0 aliphatic heterocycles. The van der Waals surface area contributed by atoms with Gasteiger partial charge in [-0.3, -0.25) is 0 Å². The molecule has 4 N–H and O–H groups in total. The summed E-state index contributed by atoms with van der Waals surface area (Å²) in [6.45, 7) is 0.548. The summed E-state index contributed by atoms with van der Waals surface area (Å²) in [6.07, 6.45) is 2.37. The first-order valence-electron chi connectivity index (χ1n) is 4.92. The van der Waals surface area contributed by atoms with Crippen molar-refractivity contribution in [3.05, 3.63) is 29.8 Å². The molecule has 1 aromatic carbocycles. The molecule has 1 aliphatic carbocycles. The van der Waals surface area contributed by atoms with Crippen LogP contribution >= 0.6 is 0 Å². The number of aliphatic imine (C=N–C) groups is 1. The van der Waals surface area contributed by atoms with Crippen LogP contribution in [0, 0.1) is 5.92 Å². The van der Waals surface area contributed by atoms with Crippen molar-refractivity contribution in [1.29, 1.82) is 0 Å². The Kier molecular flexibility index (Phi) is 2.50. The lowest BCUT2D eigenvalue weighted by atomic mass is 10.2. The van der Waals surface area contributed by atoms with Crippen LogP contribution < -0.4 is 11.5 Å². The number of nitrogens with zero attached hydrogens (tertiary/aromatic N) is 1. The minimum atomic E-state index is 0.525. The highest BCUT2D eigenvalue weighted by Gasteiger charge is 2.25. The van der Waals surface area contributed by atoms with Crippen LogP contribution in [0.3, 0.4) is 0 Å². The summed E-state index contributed by atoms with van der Waals surface area (Å²) in [7, 11) is 0. The summed E-state index contributed by atoms with van der Waals surface area (Å²) in [5, 5.41) is 0. The molecule has 1 aliphatic rings. The Bertz CT molecular complexity index is 353. The van der Waals surface area contributed by atoms with E-state index in [-0.39, 0.29) is 0 Å². The molecule has 0 heterocycles. The SMILES string of the molecule is NCc1cccc(N=C(N)C2CC2)c1. The molecule has 0 unspecified atom stereocenters. The van der Waals surface area contributed by atoms with Gasteiger partial charge in [0.05, 0.1) is 5.69 Å². The molecule has 3 nitrogen and oxygen atoms in total. The fourth-order valence-electron chi connectivity index (χ4n) is 1.37. The van der Waals surface area contributed by atoms with Crippen LogP contribution in [0.5, 0.6) is 0 Å². The van der Waals surface area contributed by atoms with Crippen molar-refractivity contribution in [2.24, 2.45) is 22.4 Å². The van der Waals surface area contributed by atoms with Crippen molar-refractivity contribution >= 4 is 11.5 Å². The standard InChI is InChI=1S/C11H15N3/c12-7-8-2-1-3-10(6-8)14-11(13)9-4-5-9/h1-3,6,9H,4-5,7,12H2,(H2,13,14). The van der Waals surface area contributed by atoms with Crippen molar-refractivity contribution in [2.75, 3.05) is 0 Å². The fourth-order valence-corrected chi connectivity index (χ4v) is 1.37. The van der Waals surface area contributed by atoms with Gasteiger partial charge in [0.1, 0.15) is 5.84 Å². The van der Waals surface area contributed by atoms with Crippen LogP contribution in [-0.2, 0) is 6.54 Å². The molecule has 14 heavy (non-hydrogen) atoms. The Hall–Kier alpha value is -1.35. The van der Waals surface area contributed by atoms with Crippen molar-refractivity contribution < 1.29 is 0 Å². The number of benzene rings is 1. The normalized spacial score (nSPS) is 17.1. The number of nitrogens with two attached hydrogens (primary N) is 2.